The molecule has 116 valence electrons. The van der Waals surface area contributed by atoms with Crippen LogP contribution in [0.2, 0.25) is 0 Å². The third-order valence-corrected chi connectivity index (χ3v) is 3.69. The molecule has 1 aromatic heterocycles. The number of amides is 1. The van der Waals surface area contributed by atoms with E-state index >= 15 is 0 Å². The molecule has 1 amide bonds. The second kappa shape index (κ2) is 7.72. The van der Waals surface area contributed by atoms with Crippen molar-refractivity contribution >= 4 is 11.9 Å². The van der Waals surface area contributed by atoms with Gasteiger partial charge in [0.1, 0.15) is 0 Å². The summed E-state index contributed by atoms with van der Waals surface area (Å²) in [6, 6.07) is 0. The van der Waals surface area contributed by atoms with Gasteiger partial charge in [0.15, 0.2) is 0 Å². The van der Waals surface area contributed by atoms with Crippen LogP contribution < -0.4 is 5.32 Å². The Balaban J connectivity index is 1.56. The molecule has 8 nitrogen and oxygen atoms in total. The summed E-state index contributed by atoms with van der Waals surface area (Å²) in [4.78, 5) is 24.5. The summed E-state index contributed by atoms with van der Waals surface area (Å²) < 4.78 is 1.75. The van der Waals surface area contributed by atoms with Gasteiger partial charge in [-0.2, -0.15) is 0 Å². The predicted octanol–water partition coefficient (Wildman–Crippen LogP) is -0.419. The quantitative estimate of drug-likeness (QED) is 0.663. The monoisotopic (exact) mass is 295 g/mol. The van der Waals surface area contributed by atoms with Gasteiger partial charge in [-0.3, -0.25) is 14.3 Å². The Morgan fingerprint density at radius 2 is 2.10 bits per heavy atom. The summed E-state index contributed by atoms with van der Waals surface area (Å²) in [7, 11) is 0. The van der Waals surface area contributed by atoms with Gasteiger partial charge in [-0.25, -0.2) is 0 Å². The van der Waals surface area contributed by atoms with E-state index in [9.17, 15) is 9.59 Å². The molecule has 0 aliphatic carbocycles. The van der Waals surface area contributed by atoms with Gasteiger partial charge in [0, 0.05) is 25.8 Å². The van der Waals surface area contributed by atoms with Crippen LogP contribution in [0.25, 0.3) is 0 Å². The van der Waals surface area contributed by atoms with Gasteiger partial charge >= 0.3 is 5.97 Å². The highest BCUT2D eigenvalue weighted by molar-refractivity contribution is 5.78. The van der Waals surface area contributed by atoms with Gasteiger partial charge in [-0.15, -0.1) is 5.10 Å². The molecule has 2 N–H and O–H groups in total. The Bertz CT molecular complexity index is 454. The lowest BCUT2D eigenvalue weighted by atomic mass is 9.97. The van der Waals surface area contributed by atoms with E-state index in [0.717, 1.165) is 19.5 Å². The van der Waals surface area contributed by atoms with Crippen molar-refractivity contribution in [2.45, 2.75) is 25.8 Å². The number of piperidine rings is 1. The van der Waals surface area contributed by atoms with E-state index in [0.29, 0.717) is 32.5 Å². The van der Waals surface area contributed by atoms with Crippen LogP contribution in [0.1, 0.15) is 19.3 Å². The number of carbonyl (C=O) groups is 2. The van der Waals surface area contributed by atoms with Gasteiger partial charge in [0.2, 0.25) is 5.91 Å². The predicted molar refractivity (Wildman–Crippen MR) is 74.4 cm³/mol. The average molecular weight is 295 g/mol. The molecule has 1 aliphatic rings. The number of carboxylic acids is 1. The Kier molecular flexibility index (Phi) is 5.68. The topological polar surface area (TPSA) is 100 Å². The summed E-state index contributed by atoms with van der Waals surface area (Å²) in [6.07, 6.45) is 5.41. The molecule has 1 aliphatic heterocycles. The van der Waals surface area contributed by atoms with Gasteiger partial charge < -0.3 is 15.3 Å². The minimum Gasteiger partial charge on any atom is -0.481 e. The lowest BCUT2D eigenvalue weighted by molar-refractivity contribution is -0.145. The average Bonchev–Trinajstić information content (AvgIpc) is 3.00. The first-order chi connectivity index (χ1) is 10.2. The SMILES string of the molecule is O=C(O)C1CCN(C(=O)CNCCCn2ccnn2)CC1. The number of hydrogen-bond donors (Lipinski definition) is 2. The van der Waals surface area contributed by atoms with E-state index in [4.69, 9.17) is 5.11 Å². The molecule has 0 saturated carbocycles. The number of aromatic nitrogens is 3. The maximum absolute atomic E-state index is 12.0. The van der Waals surface area contributed by atoms with Crippen molar-refractivity contribution in [3.63, 3.8) is 0 Å². The summed E-state index contributed by atoms with van der Waals surface area (Å²) in [6.45, 7) is 2.88. The van der Waals surface area contributed by atoms with E-state index < -0.39 is 5.97 Å². The van der Waals surface area contributed by atoms with Crippen molar-refractivity contribution in [2.75, 3.05) is 26.2 Å². The molecule has 0 bridgehead atoms. The second-order valence-corrected chi connectivity index (χ2v) is 5.19. The molecule has 1 aromatic rings. The number of carbonyl (C=O) groups excluding carboxylic acids is 1. The van der Waals surface area contributed by atoms with Gasteiger partial charge in [0.25, 0.3) is 0 Å². The number of aryl methyl sites for hydroxylation is 1. The van der Waals surface area contributed by atoms with Crippen molar-refractivity contribution in [3.8, 4) is 0 Å². The number of nitrogens with one attached hydrogen (secondary N) is 1. The first-order valence-electron chi connectivity index (χ1n) is 7.22. The fourth-order valence-electron chi connectivity index (χ4n) is 2.40. The Morgan fingerprint density at radius 3 is 2.71 bits per heavy atom. The molecule has 0 aromatic carbocycles. The molecule has 1 fully saturated rings. The van der Waals surface area contributed by atoms with Crippen molar-refractivity contribution in [2.24, 2.45) is 5.92 Å². The van der Waals surface area contributed by atoms with Crippen LogP contribution in [0.4, 0.5) is 0 Å². The fourth-order valence-corrected chi connectivity index (χ4v) is 2.40. The Morgan fingerprint density at radius 1 is 1.33 bits per heavy atom. The third kappa shape index (κ3) is 4.82. The zero-order chi connectivity index (χ0) is 15.1. The molecule has 0 spiro atoms. The zero-order valence-corrected chi connectivity index (χ0v) is 11.9. The van der Waals surface area contributed by atoms with Crippen molar-refractivity contribution in [1.29, 1.82) is 0 Å². The van der Waals surface area contributed by atoms with Crippen molar-refractivity contribution < 1.29 is 14.7 Å². The van der Waals surface area contributed by atoms with E-state index in [-0.39, 0.29) is 11.8 Å². The highest BCUT2D eigenvalue weighted by Gasteiger charge is 2.26. The molecule has 1 saturated heterocycles. The van der Waals surface area contributed by atoms with Crippen molar-refractivity contribution in [3.05, 3.63) is 12.4 Å². The van der Waals surface area contributed by atoms with Crippen LogP contribution in [-0.4, -0.2) is 63.1 Å². The Hall–Kier alpha value is -1.96. The molecule has 0 radical (unpaired) electrons. The van der Waals surface area contributed by atoms with Gasteiger partial charge in [-0.05, 0) is 25.8 Å². The molecule has 0 unspecified atom stereocenters. The lowest BCUT2D eigenvalue weighted by Crippen LogP contribution is -2.44. The molecule has 2 heterocycles. The second-order valence-electron chi connectivity index (χ2n) is 5.19. The maximum atomic E-state index is 12.0. The van der Waals surface area contributed by atoms with E-state index in [1.54, 1.807) is 22.0 Å². The van der Waals surface area contributed by atoms with Gasteiger partial charge in [0.05, 0.1) is 18.7 Å². The molecular formula is C13H21N5O3. The smallest absolute Gasteiger partial charge is 0.306 e. The summed E-state index contributed by atoms with van der Waals surface area (Å²) in [5.74, 6) is -1.02. The number of carboxylic acid groups (broad SMARTS) is 1. The minimum absolute atomic E-state index is 0.0413. The first-order valence-corrected chi connectivity index (χ1v) is 7.22. The summed E-state index contributed by atoms with van der Waals surface area (Å²) in [5.41, 5.74) is 0. The van der Waals surface area contributed by atoms with Crippen LogP contribution in [0.5, 0.6) is 0 Å². The highest BCUT2D eigenvalue weighted by atomic mass is 16.4. The largest absolute Gasteiger partial charge is 0.481 e. The number of hydrogen-bond acceptors (Lipinski definition) is 5. The van der Waals surface area contributed by atoms with E-state index in [1.165, 1.54) is 0 Å². The van der Waals surface area contributed by atoms with Crippen LogP contribution >= 0.6 is 0 Å². The van der Waals surface area contributed by atoms with Crippen LogP contribution in [-0.2, 0) is 16.1 Å². The van der Waals surface area contributed by atoms with Crippen molar-refractivity contribution in [1.82, 2.24) is 25.2 Å². The van der Waals surface area contributed by atoms with Gasteiger partial charge in [-0.1, -0.05) is 5.21 Å². The van der Waals surface area contributed by atoms with Crippen LogP contribution in [0.3, 0.4) is 0 Å². The first kappa shape index (κ1) is 15.4. The Labute approximate surface area is 123 Å². The zero-order valence-electron chi connectivity index (χ0n) is 11.9. The normalized spacial score (nSPS) is 16.1. The summed E-state index contributed by atoms with van der Waals surface area (Å²) in [5, 5.41) is 19.6. The van der Waals surface area contributed by atoms with Crippen LogP contribution in [0.15, 0.2) is 12.4 Å². The third-order valence-electron chi connectivity index (χ3n) is 3.69. The van der Waals surface area contributed by atoms with Crippen LogP contribution in [0, 0.1) is 5.92 Å². The summed E-state index contributed by atoms with van der Waals surface area (Å²) >= 11 is 0. The number of nitrogens with zero attached hydrogens (tertiary/aromatic N) is 4. The molecule has 0 atom stereocenters. The van der Waals surface area contributed by atoms with E-state index in [1.807, 2.05) is 0 Å². The number of likely N-dealkylation sites (tertiary alicyclic amines) is 1. The molecule has 21 heavy (non-hydrogen) atoms. The fraction of sp³-hybridized carbons (Fsp3) is 0.692. The lowest BCUT2D eigenvalue weighted by Gasteiger charge is -2.30. The standard InChI is InChI=1S/C13H21N5O3/c19-12(17-7-2-11(3-8-17)13(20)21)10-14-4-1-6-18-9-5-15-16-18/h5,9,11,14H,1-4,6-8,10H2,(H,20,21). The maximum Gasteiger partial charge on any atom is 0.306 e. The number of rotatable bonds is 7. The number of aliphatic carboxylic acids is 1. The molecule has 2 rings (SSSR count). The highest BCUT2D eigenvalue weighted by Crippen LogP contribution is 2.16. The molecular weight excluding hydrogens is 274 g/mol. The minimum atomic E-state index is -0.756. The molecule has 8 heteroatoms. The van der Waals surface area contributed by atoms with E-state index in [2.05, 4.69) is 15.6 Å².